The lowest BCUT2D eigenvalue weighted by Gasteiger charge is -2.33. The van der Waals surface area contributed by atoms with E-state index in [2.05, 4.69) is 82.8 Å². The van der Waals surface area contributed by atoms with E-state index in [4.69, 9.17) is 0 Å². The third-order valence-electron chi connectivity index (χ3n) is 6.11. The molecule has 0 atom stereocenters. The van der Waals surface area contributed by atoms with Crippen LogP contribution in [0, 0.1) is 19.7 Å². The Morgan fingerprint density at radius 3 is 2.14 bits per heavy atom. The van der Waals surface area contributed by atoms with Gasteiger partial charge in [0.25, 0.3) is 0 Å². The summed E-state index contributed by atoms with van der Waals surface area (Å²) < 4.78 is 14.0. The number of nitrogens with zero attached hydrogens (tertiary/aromatic N) is 1. The standard InChI is InChI=1S/C26H28FN/c1-16(2)28(24-10-8-7-9-17(24)3)25-15-23-21(13-18(25)4)20-12-11-19(27)14-22(20)26(23,5)6/h7-16H,1-6H3. The molecule has 0 saturated carbocycles. The first-order chi connectivity index (χ1) is 13.2. The van der Waals surface area contributed by atoms with Gasteiger partial charge in [0.1, 0.15) is 5.82 Å². The molecule has 2 heteroatoms. The summed E-state index contributed by atoms with van der Waals surface area (Å²) in [7, 11) is 0. The van der Waals surface area contributed by atoms with E-state index in [0.717, 1.165) is 11.1 Å². The molecule has 28 heavy (non-hydrogen) atoms. The smallest absolute Gasteiger partial charge is 0.123 e. The molecule has 1 aliphatic rings. The molecular weight excluding hydrogens is 345 g/mol. The Labute approximate surface area is 167 Å². The summed E-state index contributed by atoms with van der Waals surface area (Å²) in [5.74, 6) is -0.166. The summed E-state index contributed by atoms with van der Waals surface area (Å²) in [5, 5.41) is 0. The summed E-state index contributed by atoms with van der Waals surface area (Å²) >= 11 is 0. The number of aryl methyl sites for hydroxylation is 2. The van der Waals surface area contributed by atoms with E-state index in [1.54, 1.807) is 12.1 Å². The third kappa shape index (κ3) is 2.74. The van der Waals surface area contributed by atoms with Crippen LogP contribution in [0.15, 0.2) is 54.6 Å². The van der Waals surface area contributed by atoms with Crippen molar-refractivity contribution in [3.8, 4) is 11.1 Å². The summed E-state index contributed by atoms with van der Waals surface area (Å²) in [4.78, 5) is 2.42. The van der Waals surface area contributed by atoms with Gasteiger partial charge >= 0.3 is 0 Å². The fourth-order valence-electron chi connectivity index (χ4n) is 4.63. The molecule has 0 bridgehead atoms. The largest absolute Gasteiger partial charge is 0.338 e. The Morgan fingerprint density at radius 1 is 0.786 bits per heavy atom. The Bertz CT molecular complexity index is 1060. The Kier molecular flexibility index (Phi) is 4.33. The highest BCUT2D eigenvalue weighted by Gasteiger charge is 2.37. The molecule has 1 aliphatic carbocycles. The van der Waals surface area contributed by atoms with Gasteiger partial charge in [-0.05, 0) is 91.4 Å². The van der Waals surface area contributed by atoms with E-state index in [-0.39, 0.29) is 11.2 Å². The van der Waals surface area contributed by atoms with Crippen molar-refractivity contribution in [2.75, 3.05) is 4.90 Å². The maximum atomic E-state index is 14.0. The molecule has 0 fully saturated rings. The molecule has 3 aromatic carbocycles. The van der Waals surface area contributed by atoms with Crippen molar-refractivity contribution in [1.29, 1.82) is 0 Å². The molecule has 144 valence electrons. The average molecular weight is 374 g/mol. The summed E-state index contributed by atoms with van der Waals surface area (Å²) in [6, 6.07) is 18.7. The van der Waals surface area contributed by atoms with Crippen LogP contribution in [0.5, 0.6) is 0 Å². The topological polar surface area (TPSA) is 3.24 Å². The lowest BCUT2D eigenvalue weighted by Crippen LogP contribution is -2.27. The average Bonchev–Trinajstić information content (AvgIpc) is 2.84. The zero-order valence-corrected chi connectivity index (χ0v) is 17.6. The minimum Gasteiger partial charge on any atom is -0.338 e. The van der Waals surface area contributed by atoms with Crippen molar-refractivity contribution < 1.29 is 4.39 Å². The monoisotopic (exact) mass is 373 g/mol. The van der Waals surface area contributed by atoms with Gasteiger partial charge < -0.3 is 4.90 Å². The minimum absolute atomic E-state index is 0.166. The highest BCUT2D eigenvalue weighted by atomic mass is 19.1. The summed E-state index contributed by atoms with van der Waals surface area (Å²) in [5.41, 5.74) is 9.48. The Hall–Kier alpha value is -2.61. The van der Waals surface area contributed by atoms with Gasteiger partial charge in [0.2, 0.25) is 0 Å². The Balaban J connectivity index is 1.94. The van der Waals surface area contributed by atoms with Gasteiger partial charge in [0, 0.05) is 22.8 Å². The second kappa shape index (κ2) is 6.48. The van der Waals surface area contributed by atoms with Gasteiger partial charge in [-0.25, -0.2) is 4.39 Å². The van der Waals surface area contributed by atoms with Crippen LogP contribution in [-0.2, 0) is 5.41 Å². The molecule has 0 aromatic heterocycles. The maximum Gasteiger partial charge on any atom is 0.123 e. The van der Waals surface area contributed by atoms with E-state index in [1.165, 1.54) is 33.6 Å². The van der Waals surface area contributed by atoms with E-state index in [9.17, 15) is 4.39 Å². The lowest BCUT2D eigenvalue weighted by atomic mass is 9.82. The number of benzene rings is 3. The van der Waals surface area contributed by atoms with Crippen LogP contribution < -0.4 is 4.90 Å². The quantitative estimate of drug-likeness (QED) is 0.466. The van der Waals surface area contributed by atoms with Gasteiger partial charge in [-0.15, -0.1) is 0 Å². The molecule has 0 spiro atoms. The number of anilines is 2. The SMILES string of the molecule is Cc1ccccc1N(c1cc2c(cc1C)-c1ccc(F)cc1C2(C)C)C(C)C. The molecule has 3 aromatic rings. The van der Waals surface area contributed by atoms with Crippen molar-refractivity contribution >= 4 is 11.4 Å². The first-order valence-electron chi connectivity index (χ1n) is 10.0. The molecule has 0 saturated heterocycles. The van der Waals surface area contributed by atoms with Crippen molar-refractivity contribution in [1.82, 2.24) is 0 Å². The van der Waals surface area contributed by atoms with Crippen LogP contribution >= 0.6 is 0 Å². The summed E-state index contributed by atoms with van der Waals surface area (Å²) in [6.07, 6.45) is 0. The van der Waals surface area contributed by atoms with E-state index < -0.39 is 0 Å². The highest BCUT2D eigenvalue weighted by molar-refractivity contribution is 5.85. The van der Waals surface area contributed by atoms with E-state index in [0.29, 0.717) is 6.04 Å². The van der Waals surface area contributed by atoms with Gasteiger partial charge in [-0.1, -0.05) is 38.1 Å². The van der Waals surface area contributed by atoms with Crippen molar-refractivity contribution in [3.63, 3.8) is 0 Å². The molecule has 0 amide bonds. The molecule has 0 radical (unpaired) electrons. The number of para-hydroxylation sites is 1. The van der Waals surface area contributed by atoms with Crippen LogP contribution in [0.3, 0.4) is 0 Å². The fraction of sp³-hybridized carbons (Fsp3) is 0.308. The predicted octanol–water partition coefficient (Wildman–Crippen LogP) is 7.30. The second-order valence-corrected chi connectivity index (χ2v) is 8.75. The molecule has 1 nitrogen and oxygen atoms in total. The number of rotatable bonds is 3. The highest BCUT2D eigenvalue weighted by Crippen LogP contribution is 2.51. The minimum atomic E-state index is -0.219. The number of hydrogen-bond donors (Lipinski definition) is 0. The van der Waals surface area contributed by atoms with Crippen LogP contribution in [0.2, 0.25) is 0 Å². The normalized spacial score (nSPS) is 14.1. The molecule has 0 aliphatic heterocycles. The summed E-state index contributed by atoms with van der Waals surface area (Å²) in [6.45, 7) is 13.2. The van der Waals surface area contributed by atoms with Gasteiger partial charge in [0.05, 0.1) is 0 Å². The zero-order chi connectivity index (χ0) is 20.2. The Morgan fingerprint density at radius 2 is 1.46 bits per heavy atom. The fourth-order valence-corrected chi connectivity index (χ4v) is 4.63. The third-order valence-corrected chi connectivity index (χ3v) is 6.11. The maximum absolute atomic E-state index is 14.0. The van der Waals surface area contributed by atoms with Crippen LogP contribution in [0.4, 0.5) is 15.8 Å². The number of fused-ring (bicyclic) bond motifs is 3. The van der Waals surface area contributed by atoms with Crippen molar-refractivity contribution in [3.05, 3.63) is 82.7 Å². The van der Waals surface area contributed by atoms with Crippen LogP contribution in [0.1, 0.15) is 49.9 Å². The van der Waals surface area contributed by atoms with E-state index in [1.807, 2.05) is 6.07 Å². The molecule has 4 rings (SSSR count). The second-order valence-electron chi connectivity index (χ2n) is 8.75. The van der Waals surface area contributed by atoms with Gasteiger partial charge in [0.15, 0.2) is 0 Å². The molecular formula is C26H28FN. The number of hydrogen-bond acceptors (Lipinski definition) is 1. The zero-order valence-electron chi connectivity index (χ0n) is 17.6. The van der Waals surface area contributed by atoms with Gasteiger partial charge in [-0.2, -0.15) is 0 Å². The predicted molar refractivity (Wildman–Crippen MR) is 117 cm³/mol. The molecule has 0 N–H and O–H groups in total. The van der Waals surface area contributed by atoms with E-state index >= 15 is 0 Å². The molecule has 0 unspecified atom stereocenters. The number of halogens is 1. The van der Waals surface area contributed by atoms with Crippen molar-refractivity contribution in [2.24, 2.45) is 0 Å². The lowest BCUT2D eigenvalue weighted by molar-refractivity contribution is 0.609. The first kappa shape index (κ1) is 18.7. The van der Waals surface area contributed by atoms with Crippen LogP contribution in [-0.4, -0.2) is 6.04 Å². The molecule has 0 heterocycles. The first-order valence-corrected chi connectivity index (χ1v) is 10.0. The van der Waals surface area contributed by atoms with Gasteiger partial charge in [-0.3, -0.25) is 0 Å². The van der Waals surface area contributed by atoms with Crippen LogP contribution in [0.25, 0.3) is 11.1 Å². The van der Waals surface area contributed by atoms with Crippen molar-refractivity contribution in [2.45, 2.75) is 53.0 Å².